The quantitative estimate of drug-likeness (QED) is 0.783. The first-order valence-electron chi connectivity index (χ1n) is 9.19. The minimum absolute atomic E-state index is 0.0783. The SMILES string of the molecule is Cc1cc(C)c(C2C(=O)CC(CCC3CCOCC3)C2=O)c(C)c1. The summed E-state index contributed by atoms with van der Waals surface area (Å²) in [4.78, 5) is 25.5. The van der Waals surface area contributed by atoms with Gasteiger partial charge in [0.15, 0.2) is 5.78 Å². The fourth-order valence-electron chi connectivity index (χ4n) is 4.52. The third-order valence-electron chi connectivity index (χ3n) is 5.75. The summed E-state index contributed by atoms with van der Waals surface area (Å²) in [5, 5.41) is 0. The predicted molar refractivity (Wildman–Crippen MR) is 94.3 cm³/mol. The molecule has 0 bridgehead atoms. The van der Waals surface area contributed by atoms with Gasteiger partial charge in [-0.05, 0) is 69.1 Å². The maximum absolute atomic E-state index is 12.9. The number of Topliss-reactive ketones (excluding diaryl/α,β-unsaturated/α-hetero) is 2. The molecule has 2 unspecified atom stereocenters. The van der Waals surface area contributed by atoms with Crippen LogP contribution in [0.1, 0.15) is 60.3 Å². The third-order valence-corrected chi connectivity index (χ3v) is 5.75. The van der Waals surface area contributed by atoms with Crippen LogP contribution in [-0.2, 0) is 14.3 Å². The number of carbonyl (C=O) groups is 2. The Morgan fingerprint density at radius 2 is 1.62 bits per heavy atom. The monoisotopic (exact) mass is 328 g/mol. The second-order valence-corrected chi connectivity index (χ2v) is 7.65. The highest BCUT2D eigenvalue weighted by Gasteiger charge is 2.42. The van der Waals surface area contributed by atoms with Gasteiger partial charge in [-0.3, -0.25) is 9.59 Å². The van der Waals surface area contributed by atoms with Gasteiger partial charge in [-0.25, -0.2) is 0 Å². The van der Waals surface area contributed by atoms with Gasteiger partial charge in [-0.2, -0.15) is 0 Å². The van der Waals surface area contributed by atoms with Crippen LogP contribution >= 0.6 is 0 Å². The molecule has 2 atom stereocenters. The van der Waals surface area contributed by atoms with Crippen LogP contribution in [0.25, 0.3) is 0 Å². The summed E-state index contributed by atoms with van der Waals surface area (Å²) in [6, 6.07) is 4.16. The number of benzene rings is 1. The number of carbonyl (C=O) groups excluding carboxylic acids is 2. The Bertz CT molecular complexity index is 617. The van der Waals surface area contributed by atoms with E-state index in [1.165, 1.54) is 5.56 Å². The summed E-state index contributed by atoms with van der Waals surface area (Å²) in [5.41, 5.74) is 4.29. The lowest BCUT2D eigenvalue weighted by molar-refractivity contribution is -0.124. The van der Waals surface area contributed by atoms with E-state index in [0.717, 1.165) is 55.6 Å². The van der Waals surface area contributed by atoms with E-state index in [9.17, 15) is 9.59 Å². The number of aryl methyl sites for hydroxylation is 3. The van der Waals surface area contributed by atoms with Gasteiger partial charge >= 0.3 is 0 Å². The van der Waals surface area contributed by atoms with Crippen molar-refractivity contribution in [1.82, 2.24) is 0 Å². The van der Waals surface area contributed by atoms with E-state index in [0.29, 0.717) is 12.3 Å². The molecule has 24 heavy (non-hydrogen) atoms. The molecule has 0 spiro atoms. The first kappa shape index (κ1) is 17.3. The van der Waals surface area contributed by atoms with Crippen molar-refractivity contribution >= 4 is 11.6 Å². The van der Waals surface area contributed by atoms with Crippen LogP contribution in [0.3, 0.4) is 0 Å². The second-order valence-electron chi connectivity index (χ2n) is 7.65. The number of ketones is 2. The molecule has 1 heterocycles. The molecule has 0 aromatic heterocycles. The van der Waals surface area contributed by atoms with Crippen LogP contribution < -0.4 is 0 Å². The molecule has 130 valence electrons. The summed E-state index contributed by atoms with van der Waals surface area (Å²) in [7, 11) is 0. The van der Waals surface area contributed by atoms with Gasteiger partial charge in [0, 0.05) is 25.6 Å². The van der Waals surface area contributed by atoms with Gasteiger partial charge in [0.05, 0.1) is 0 Å². The zero-order valence-electron chi connectivity index (χ0n) is 15.1. The number of hydrogen-bond donors (Lipinski definition) is 0. The van der Waals surface area contributed by atoms with Crippen molar-refractivity contribution in [3.63, 3.8) is 0 Å². The zero-order chi connectivity index (χ0) is 17.3. The maximum Gasteiger partial charge on any atom is 0.151 e. The lowest BCUT2D eigenvalue weighted by Gasteiger charge is -2.23. The number of ether oxygens (including phenoxy) is 1. The van der Waals surface area contributed by atoms with Crippen molar-refractivity contribution in [2.75, 3.05) is 13.2 Å². The fraction of sp³-hybridized carbons (Fsp3) is 0.619. The zero-order valence-corrected chi connectivity index (χ0v) is 15.1. The molecule has 0 radical (unpaired) electrons. The largest absolute Gasteiger partial charge is 0.381 e. The number of rotatable bonds is 4. The minimum atomic E-state index is -0.523. The van der Waals surface area contributed by atoms with E-state index in [1.807, 2.05) is 13.8 Å². The second kappa shape index (κ2) is 7.18. The van der Waals surface area contributed by atoms with E-state index in [4.69, 9.17) is 4.74 Å². The standard InChI is InChI=1S/C21H28O3/c1-13-10-14(2)19(15(3)11-13)20-18(22)12-17(21(20)23)5-4-16-6-8-24-9-7-16/h10-11,16-17,20H,4-9,12H2,1-3H3. The highest BCUT2D eigenvalue weighted by Crippen LogP contribution is 2.38. The molecule has 2 aliphatic rings. The molecule has 0 N–H and O–H groups in total. The van der Waals surface area contributed by atoms with Crippen LogP contribution in [0.15, 0.2) is 12.1 Å². The minimum Gasteiger partial charge on any atom is -0.381 e. The average molecular weight is 328 g/mol. The van der Waals surface area contributed by atoms with Crippen molar-refractivity contribution in [3.05, 3.63) is 34.4 Å². The summed E-state index contributed by atoms with van der Waals surface area (Å²) in [6.07, 6.45) is 4.52. The van der Waals surface area contributed by atoms with Crippen molar-refractivity contribution in [3.8, 4) is 0 Å². The number of hydrogen-bond acceptors (Lipinski definition) is 3. The van der Waals surface area contributed by atoms with Crippen molar-refractivity contribution in [2.24, 2.45) is 11.8 Å². The van der Waals surface area contributed by atoms with E-state index in [2.05, 4.69) is 19.1 Å². The lowest BCUT2D eigenvalue weighted by Crippen LogP contribution is -2.20. The summed E-state index contributed by atoms with van der Waals surface area (Å²) >= 11 is 0. The smallest absolute Gasteiger partial charge is 0.151 e. The molecule has 2 fully saturated rings. The molecule has 1 aromatic carbocycles. The molecule has 3 heteroatoms. The van der Waals surface area contributed by atoms with Gasteiger partial charge in [0.25, 0.3) is 0 Å². The highest BCUT2D eigenvalue weighted by molar-refractivity contribution is 6.14. The van der Waals surface area contributed by atoms with E-state index < -0.39 is 5.92 Å². The van der Waals surface area contributed by atoms with Crippen LogP contribution in [0, 0.1) is 32.6 Å². The van der Waals surface area contributed by atoms with Crippen LogP contribution in [-0.4, -0.2) is 24.8 Å². The molecule has 1 aromatic rings. The summed E-state index contributed by atoms with van der Waals surface area (Å²) in [5.74, 6) is 0.327. The Kier molecular flexibility index (Phi) is 5.19. The molecule has 1 aliphatic carbocycles. The Hall–Kier alpha value is -1.48. The van der Waals surface area contributed by atoms with Crippen molar-refractivity contribution in [1.29, 1.82) is 0 Å². The Morgan fingerprint density at radius 3 is 2.25 bits per heavy atom. The Morgan fingerprint density at radius 1 is 1.00 bits per heavy atom. The van der Waals surface area contributed by atoms with E-state index in [-0.39, 0.29) is 17.5 Å². The van der Waals surface area contributed by atoms with E-state index in [1.54, 1.807) is 0 Å². The molecule has 3 rings (SSSR count). The van der Waals surface area contributed by atoms with Gasteiger partial charge in [-0.1, -0.05) is 17.7 Å². The molecule has 1 aliphatic heterocycles. The van der Waals surface area contributed by atoms with Crippen molar-refractivity contribution < 1.29 is 14.3 Å². The first-order chi connectivity index (χ1) is 11.5. The average Bonchev–Trinajstić information content (AvgIpc) is 2.81. The molecular formula is C21H28O3. The highest BCUT2D eigenvalue weighted by atomic mass is 16.5. The van der Waals surface area contributed by atoms with Gasteiger partial charge in [-0.15, -0.1) is 0 Å². The fourth-order valence-corrected chi connectivity index (χ4v) is 4.52. The van der Waals surface area contributed by atoms with Gasteiger partial charge in [0.1, 0.15) is 11.7 Å². The van der Waals surface area contributed by atoms with Crippen LogP contribution in [0.2, 0.25) is 0 Å². The maximum atomic E-state index is 12.9. The van der Waals surface area contributed by atoms with E-state index >= 15 is 0 Å². The molecule has 3 nitrogen and oxygen atoms in total. The first-order valence-corrected chi connectivity index (χ1v) is 9.19. The molecule has 1 saturated carbocycles. The van der Waals surface area contributed by atoms with Gasteiger partial charge in [0.2, 0.25) is 0 Å². The van der Waals surface area contributed by atoms with Crippen LogP contribution in [0.5, 0.6) is 0 Å². The van der Waals surface area contributed by atoms with Gasteiger partial charge < -0.3 is 4.74 Å². The Balaban J connectivity index is 1.72. The normalized spacial score (nSPS) is 25.5. The molecular weight excluding hydrogens is 300 g/mol. The van der Waals surface area contributed by atoms with Crippen molar-refractivity contribution in [2.45, 2.75) is 58.8 Å². The molecule has 0 amide bonds. The lowest BCUT2D eigenvalue weighted by atomic mass is 9.85. The van der Waals surface area contributed by atoms with Crippen LogP contribution in [0.4, 0.5) is 0 Å². The topological polar surface area (TPSA) is 43.4 Å². The predicted octanol–water partition coefficient (Wildman–Crippen LogP) is 4.06. The molecule has 1 saturated heterocycles. The summed E-state index contributed by atoms with van der Waals surface area (Å²) < 4.78 is 5.40. The summed E-state index contributed by atoms with van der Waals surface area (Å²) in [6.45, 7) is 7.77. The third kappa shape index (κ3) is 3.46. The Labute approximate surface area is 144 Å².